The van der Waals surface area contributed by atoms with E-state index in [2.05, 4.69) is 31.2 Å². The summed E-state index contributed by atoms with van der Waals surface area (Å²) < 4.78 is 20.6. The summed E-state index contributed by atoms with van der Waals surface area (Å²) in [6.45, 7) is 6.61. The normalized spacial score (nSPS) is 12.7. The number of aryl methyl sites for hydroxylation is 2. The lowest BCUT2D eigenvalue weighted by molar-refractivity contribution is 0.114. The maximum absolute atomic E-state index is 12.9. The zero-order valence-corrected chi connectivity index (χ0v) is 18.0. The number of guanidine groups is 1. The number of hydrogen-bond donors (Lipinski definition) is 3. The van der Waals surface area contributed by atoms with Gasteiger partial charge in [-0.2, -0.15) is 0 Å². The summed E-state index contributed by atoms with van der Waals surface area (Å²) >= 11 is 0. The molecule has 0 bridgehead atoms. The van der Waals surface area contributed by atoms with Crippen LogP contribution in [0.25, 0.3) is 11.0 Å². The van der Waals surface area contributed by atoms with Gasteiger partial charge >= 0.3 is 0 Å². The zero-order valence-electron chi connectivity index (χ0n) is 18.0. The van der Waals surface area contributed by atoms with Gasteiger partial charge in [0.1, 0.15) is 30.1 Å². The molecule has 0 saturated heterocycles. The topological polar surface area (TPSA) is 83.7 Å². The van der Waals surface area contributed by atoms with Crippen molar-refractivity contribution in [1.82, 2.24) is 20.2 Å². The highest BCUT2D eigenvalue weighted by molar-refractivity contribution is 5.79. The smallest absolute Gasteiger partial charge is 0.191 e. The van der Waals surface area contributed by atoms with Gasteiger partial charge in [-0.05, 0) is 56.7 Å². The van der Waals surface area contributed by atoms with Gasteiger partial charge in [-0.3, -0.25) is 4.99 Å². The summed E-state index contributed by atoms with van der Waals surface area (Å²) in [4.78, 5) is 9.02. The summed E-state index contributed by atoms with van der Waals surface area (Å²) in [6.07, 6.45) is 0.141. The number of aromatic nitrogens is 2. The molecule has 0 aliphatic carbocycles. The van der Waals surface area contributed by atoms with Gasteiger partial charge in [-0.1, -0.05) is 12.1 Å². The van der Waals surface area contributed by atoms with Crippen LogP contribution in [0.4, 0.5) is 4.39 Å². The van der Waals surface area contributed by atoms with Gasteiger partial charge in [-0.25, -0.2) is 9.37 Å². The Morgan fingerprint density at radius 1 is 1.19 bits per heavy atom. The minimum absolute atomic E-state index is 0.0848. The predicted molar refractivity (Wildman–Crippen MR) is 121 cm³/mol. The molecule has 0 aliphatic rings. The average Bonchev–Trinajstić information content (AvgIpc) is 3.09. The number of benzene rings is 2. The molecule has 0 spiro atoms. The first kappa shape index (κ1) is 22.6. The van der Waals surface area contributed by atoms with Gasteiger partial charge in [0, 0.05) is 19.6 Å². The second-order valence-corrected chi connectivity index (χ2v) is 7.22. The Morgan fingerprint density at radius 2 is 1.97 bits per heavy atom. The molecule has 8 heteroatoms. The van der Waals surface area contributed by atoms with Crippen LogP contribution in [0.15, 0.2) is 53.5 Å². The van der Waals surface area contributed by atoms with Crippen LogP contribution in [0.5, 0.6) is 5.75 Å². The highest BCUT2D eigenvalue weighted by Gasteiger charge is 2.08. The molecule has 166 valence electrons. The van der Waals surface area contributed by atoms with E-state index in [1.54, 1.807) is 0 Å². The quantitative estimate of drug-likeness (QED) is 0.263. The van der Waals surface area contributed by atoms with Crippen molar-refractivity contribution >= 4 is 17.0 Å². The van der Waals surface area contributed by atoms with Crippen molar-refractivity contribution in [2.24, 2.45) is 4.99 Å². The van der Waals surface area contributed by atoms with Crippen molar-refractivity contribution < 1.29 is 14.2 Å². The van der Waals surface area contributed by atoms with Crippen LogP contribution < -0.4 is 15.4 Å². The second-order valence-electron chi connectivity index (χ2n) is 7.22. The first-order chi connectivity index (χ1) is 15.1. The SMILES string of the molecule is CCNC(=NCC(O)COc1ccc(F)cc1)NCCCn1c(C)nc2ccccc21. The van der Waals surface area contributed by atoms with E-state index in [0.717, 1.165) is 42.9 Å². The molecule has 0 fully saturated rings. The van der Waals surface area contributed by atoms with E-state index in [1.165, 1.54) is 24.3 Å². The van der Waals surface area contributed by atoms with Crippen molar-refractivity contribution in [3.8, 4) is 5.75 Å². The predicted octanol–water partition coefficient (Wildman–Crippen LogP) is 2.87. The summed E-state index contributed by atoms with van der Waals surface area (Å²) in [5.41, 5.74) is 2.16. The minimum Gasteiger partial charge on any atom is -0.491 e. The Bertz CT molecular complexity index is 987. The average molecular weight is 428 g/mol. The number of rotatable bonds is 10. The van der Waals surface area contributed by atoms with E-state index in [-0.39, 0.29) is 19.0 Å². The fourth-order valence-electron chi connectivity index (χ4n) is 3.24. The standard InChI is InChI=1S/C23H30FN5O2/c1-3-25-23(27-15-19(30)16-31-20-11-9-18(24)10-12-20)26-13-6-14-29-17(2)28-21-7-4-5-8-22(21)29/h4-5,7-12,19,30H,3,6,13-16H2,1-2H3,(H2,25,26,27). The molecule has 1 heterocycles. The number of ether oxygens (including phenoxy) is 1. The van der Waals surface area contributed by atoms with Crippen molar-refractivity contribution in [1.29, 1.82) is 0 Å². The number of aliphatic imine (C=N–C) groups is 1. The molecule has 1 atom stereocenters. The lowest BCUT2D eigenvalue weighted by Crippen LogP contribution is -2.39. The number of aliphatic hydroxyl groups is 1. The lowest BCUT2D eigenvalue weighted by atomic mass is 10.3. The first-order valence-corrected chi connectivity index (χ1v) is 10.6. The van der Waals surface area contributed by atoms with Crippen LogP contribution in [-0.2, 0) is 6.54 Å². The molecule has 0 aliphatic heterocycles. The molecule has 2 aromatic carbocycles. The van der Waals surface area contributed by atoms with E-state index in [9.17, 15) is 9.50 Å². The van der Waals surface area contributed by atoms with Gasteiger partial charge in [0.2, 0.25) is 0 Å². The number of para-hydroxylation sites is 2. The van der Waals surface area contributed by atoms with Crippen LogP contribution in [0.2, 0.25) is 0 Å². The van der Waals surface area contributed by atoms with Crippen molar-refractivity contribution in [3.05, 3.63) is 60.2 Å². The summed E-state index contributed by atoms with van der Waals surface area (Å²) in [5.74, 6) is 1.84. The summed E-state index contributed by atoms with van der Waals surface area (Å²) in [6, 6.07) is 13.8. The molecule has 1 aromatic heterocycles. The van der Waals surface area contributed by atoms with Gasteiger partial charge in [0.15, 0.2) is 5.96 Å². The third-order valence-electron chi connectivity index (χ3n) is 4.76. The highest BCUT2D eigenvalue weighted by atomic mass is 19.1. The molecule has 3 N–H and O–H groups in total. The van der Waals surface area contributed by atoms with Crippen molar-refractivity contribution in [2.45, 2.75) is 32.9 Å². The molecular formula is C23H30FN5O2. The Labute approximate surface area is 182 Å². The maximum atomic E-state index is 12.9. The van der Waals surface area contributed by atoms with E-state index in [1.807, 2.05) is 32.0 Å². The molecule has 0 radical (unpaired) electrons. The molecule has 0 saturated carbocycles. The first-order valence-electron chi connectivity index (χ1n) is 10.6. The largest absolute Gasteiger partial charge is 0.491 e. The van der Waals surface area contributed by atoms with Crippen LogP contribution in [0, 0.1) is 12.7 Å². The number of nitrogens with one attached hydrogen (secondary N) is 2. The van der Waals surface area contributed by atoms with Gasteiger partial charge < -0.3 is 25.0 Å². The molecule has 1 unspecified atom stereocenters. The van der Waals surface area contributed by atoms with E-state index < -0.39 is 6.10 Å². The monoisotopic (exact) mass is 427 g/mol. The summed E-state index contributed by atoms with van der Waals surface area (Å²) in [7, 11) is 0. The maximum Gasteiger partial charge on any atom is 0.191 e. The molecule has 0 amide bonds. The fraction of sp³-hybridized carbons (Fsp3) is 0.391. The van der Waals surface area contributed by atoms with Crippen LogP contribution in [0.1, 0.15) is 19.2 Å². The molecule has 3 aromatic rings. The van der Waals surface area contributed by atoms with Crippen molar-refractivity contribution in [3.63, 3.8) is 0 Å². The molecule has 7 nitrogen and oxygen atoms in total. The van der Waals surface area contributed by atoms with Gasteiger partial charge in [-0.15, -0.1) is 0 Å². The van der Waals surface area contributed by atoms with E-state index in [4.69, 9.17) is 4.74 Å². The Balaban J connectivity index is 1.44. The second kappa shape index (κ2) is 11.3. The lowest BCUT2D eigenvalue weighted by Gasteiger charge is -2.14. The molecule has 3 rings (SSSR count). The molecular weight excluding hydrogens is 397 g/mol. The molecule has 31 heavy (non-hydrogen) atoms. The number of aliphatic hydroxyl groups excluding tert-OH is 1. The summed E-state index contributed by atoms with van der Waals surface area (Å²) in [5, 5.41) is 16.6. The van der Waals surface area contributed by atoms with E-state index in [0.29, 0.717) is 11.7 Å². The minimum atomic E-state index is -0.763. The van der Waals surface area contributed by atoms with Gasteiger partial charge in [0.25, 0.3) is 0 Å². The van der Waals surface area contributed by atoms with Crippen LogP contribution in [-0.4, -0.2) is 53.0 Å². The number of imidazole rings is 1. The number of halogens is 1. The number of fused-ring (bicyclic) bond motifs is 1. The number of nitrogens with zero attached hydrogens (tertiary/aromatic N) is 3. The van der Waals surface area contributed by atoms with Gasteiger partial charge in [0.05, 0.1) is 17.6 Å². The Hall–Kier alpha value is -3.13. The van der Waals surface area contributed by atoms with E-state index >= 15 is 0 Å². The third-order valence-corrected chi connectivity index (χ3v) is 4.76. The zero-order chi connectivity index (χ0) is 22.1. The Kier molecular flexibility index (Phi) is 8.23. The fourth-order valence-corrected chi connectivity index (χ4v) is 3.24. The number of hydrogen-bond acceptors (Lipinski definition) is 4. The van der Waals surface area contributed by atoms with Crippen molar-refractivity contribution in [2.75, 3.05) is 26.2 Å². The highest BCUT2D eigenvalue weighted by Crippen LogP contribution is 2.15. The third kappa shape index (κ3) is 6.68. The Morgan fingerprint density at radius 3 is 2.74 bits per heavy atom. The van der Waals surface area contributed by atoms with Crippen LogP contribution in [0.3, 0.4) is 0 Å². The van der Waals surface area contributed by atoms with Crippen LogP contribution >= 0.6 is 0 Å².